The maximum atomic E-state index is 5.04. The maximum absolute atomic E-state index is 5.04. The summed E-state index contributed by atoms with van der Waals surface area (Å²) in [5, 5.41) is 0. The minimum atomic E-state index is 0.646. The lowest BCUT2D eigenvalue weighted by molar-refractivity contribution is 0.403. The summed E-state index contributed by atoms with van der Waals surface area (Å²) in [6, 6.07) is 0. The van der Waals surface area contributed by atoms with E-state index in [2.05, 4.69) is 10.7 Å². The zero-order valence-electron chi connectivity index (χ0n) is 7.01. The fourth-order valence-corrected chi connectivity index (χ4v) is 0.829. The Kier molecular flexibility index (Phi) is 2.29. The molecule has 0 N–H and O–H groups in total. The van der Waals surface area contributed by atoms with Gasteiger partial charge < -0.3 is 4.74 Å². The quantitative estimate of drug-likeness (QED) is 0.483. The standard InChI is InChI=1S/C9H11NO/c1-7-5-4-6-8(2)10-9(7)11-3/h4,6H,1-3H3. The molecular formula is C9H11NO. The first kappa shape index (κ1) is 7.83. The third-order valence-corrected chi connectivity index (χ3v) is 1.42. The monoisotopic (exact) mass is 149 g/mol. The third-order valence-electron chi connectivity index (χ3n) is 1.42. The Balaban J connectivity index is 3.06. The Morgan fingerprint density at radius 1 is 1.45 bits per heavy atom. The molecule has 1 rings (SSSR count). The molecule has 1 aliphatic heterocycles. The lowest BCUT2D eigenvalue weighted by atomic mass is 10.3. The van der Waals surface area contributed by atoms with E-state index < -0.39 is 0 Å². The van der Waals surface area contributed by atoms with Crippen LogP contribution < -0.4 is 0 Å². The molecule has 0 aromatic carbocycles. The smallest absolute Gasteiger partial charge is 0.224 e. The molecular weight excluding hydrogens is 138 g/mol. The lowest BCUT2D eigenvalue weighted by Crippen LogP contribution is -2.01. The zero-order chi connectivity index (χ0) is 8.27. The normalized spacial score (nSPS) is 16.5. The Morgan fingerprint density at radius 2 is 2.18 bits per heavy atom. The lowest BCUT2D eigenvalue weighted by Gasteiger charge is -2.00. The number of nitrogens with zero attached hydrogens (tertiary/aromatic N) is 1. The van der Waals surface area contributed by atoms with Crippen LogP contribution in [-0.4, -0.2) is 13.0 Å². The topological polar surface area (TPSA) is 21.6 Å². The second-order valence-electron chi connectivity index (χ2n) is 2.37. The van der Waals surface area contributed by atoms with Crippen molar-refractivity contribution in [3.8, 4) is 0 Å². The predicted molar refractivity (Wildman–Crippen MR) is 45.5 cm³/mol. The second-order valence-corrected chi connectivity index (χ2v) is 2.37. The second kappa shape index (κ2) is 3.22. The minimum Gasteiger partial charge on any atom is -0.480 e. The van der Waals surface area contributed by atoms with E-state index in [9.17, 15) is 0 Å². The largest absolute Gasteiger partial charge is 0.480 e. The molecule has 0 spiro atoms. The van der Waals surface area contributed by atoms with Crippen molar-refractivity contribution in [2.45, 2.75) is 13.8 Å². The fourth-order valence-electron chi connectivity index (χ4n) is 0.829. The highest BCUT2D eigenvalue weighted by Crippen LogP contribution is 2.05. The molecule has 0 amide bonds. The van der Waals surface area contributed by atoms with E-state index in [0.29, 0.717) is 5.90 Å². The third kappa shape index (κ3) is 1.82. The molecule has 2 heteroatoms. The van der Waals surface area contributed by atoms with Crippen molar-refractivity contribution in [2.75, 3.05) is 7.11 Å². The van der Waals surface area contributed by atoms with Crippen LogP contribution in [0.4, 0.5) is 0 Å². The van der Waals surface area contributed by atoms with E-state index in [1.165, 1.54) is 0 Å². The molecule has 0 atom stereocenters. The Morgan fingerprint density at radius 3 is 2.82 bits per heavy atom. The van der Waals surface area contributed by atoms with Crippen LogP contribution in [0.3, 0.4) is 0 Å². The van der Waals surface area contributed by atoms with Crippen molar-refractivity contribution in [3.05, 3.63) is 29.2 Å². The molecule has 0 saturated carbocycles. The van der Waals surface area contributed by atoms with Crippen LogP contribution in [0, 0.1) is 0 Å². The van der Waals surface area contributed by atoms with Gasteiger partial charge in [-0.05, 0) is 26.0 Å². The van der Waals surface area contributed by atoms with Gasteiger partial charge in [0.05, 0.1) is 12.7 Å². The van der Waals surface area contributed by atoms with E-state index in [1.54, 1.807) is 7.11 Å². The molecule has 11 heavy (non-hydrogen) atoms. The van der Waals surface area contributed by atoms with Crippen LogP contribution in [-0.2, 0) is 4.74 Å². The molecule has 1 aliphatic rings. The SMILES string of the molecule is COC1=NC(C)=CC=C=C1C. The number of hydrogen-bond donors (Lipinski definition) is 0. The average Bonchev–Trinajstić information content (AvgIpc) is 2.13. The summed E-state index contributed by atoms with van der Waals surface area (Å²) in [5.41, 5.74) is 4.90. The van der Waals surface area contributed by atoms with Crippen LogP contribution in [0.5, 0.6) is 0 Å². The summed E-state index contributed by atoms with van der Waals surface area (Å²) in [7, 11) is 1.61. The summed E-state index contributed by atoms with van der Waals surface area (Å²) < 4.78 is 5.04. The van der Waals surface area contributed by atoms with E-state index >= 15 is 0 Å². The van der Waals surface area contributed by atoms with Gasteiger partial charge in [0.15, 0.2) is 0 Å². The van der Waals surface area contributed by atoms with Gasteiger partial charge >= 0.3 is 0 Å². The number of ether oxygens (including phenoxy) is 1. The Bertz CT molecular complexity index is 278. The Hall–Kier alpha value is -1.27. The highest BCUT2D eigenvalue weighted by atomic mass is 16.5. The first-order valence-corrected chi connectivity index (χ1v) is 3.47. The summed E-state index contributed by atoms with van der Waals surface area (Å²) >= 11 is 0. The van der Waals surface area contributed by atoms with Gasteiger partial charge in [0.2, 0.25) is 5.90 Å². The molecule has 0 radical (unpaired) electrons. The molecule has 0 fully saturated rings. The van der Waals surface area contributed by atoms with Gasteiger partial charge in [-0.2, -0.15) is 0 Å². The number of aliphatic imine (C=N–C) groups is 1. The predicted octanol–water partition coefficient (Wildman–Crippen LogP) is 2.05. The van der Waals surface area contributed by atoms with Gasteiger partial charge in [0, 0.05) is 5.70 Å². The van der Waals surface area contributed by atoms with E-state index in [0.717, 1.165) is 11.3 Å². The van der Waals surface area contributed by atoms with Gasteiger partial charge in [-0.15, -0.1) is 5.73 Å². The van der Waals surface area contributed by atoms with Crippen LogP contribution in [0.2, 0.25) is 0 Å². The Labute approximate surface area is 66.6 Å². The van der Waals surface area contributed by atoms with Crippen LogP contribution in [0.25, 0.3) is 0 Å². The number of methoxy groups -OCH3 is 1. The van der Waals surface area contributed by atoms with Crippen molar-refractivity contribution >= 4 is 5.90 Å². The van der Waals surface area contributed by atoms with Gasteiger partial charge in [0.1, 0.15) is 0 Å². The summed E-state index contributed by atoms with van der Waals surface area (Å²) in [5.74, 6) is 0.646. The molecule has 2 nitrogen and oxygen atoms in total. The van der Waals surface area contributed by atoms with Crippen LogP contribution in [0.1, 0.15) is 13.8 Å². The van der Waals surface area contributed by atoms with Gasteiger partial charge in [-0.3, -0.25) is 0 Å². The number of rotatable bonds is 0. The van der Waals surface area contributed by atoms with Crippen LogP contribution in [0.15, 0.2) is 34.1 Å². The van der Waals surface area contributed by atoms with Gasteiger partial charge in [-0.1, -0.05) is 0 Å². The highest BCUT2D eigenvalue weighted by molar-refractivity contribution is 5.93. The molecule has 0 unspecified atom stereocenters. The first-order valence-electron chi connectivity index (χ1n) is 3.47. The maximum Gasteiger partial charge on any atom is 0.224 e. The molecule has 1 heterocycles. The first-order chi connectivity index (χ1) is 5.24. The molecule has 58 valence electrons. The molecule has 0 saturated heterocycles. The summed E-state index contributed by atoms with van der Waals surface area (Å²) in [6.07, 6.45) is 3.75. The van der Waals surface area contributed by atoms with Crippen molar-refractivity contribution < 1.29 is 4.74 Å². The summed E-state index contributed by atoms with van der Waals surface area (Å²) in [6.45, 7) is 3.85. The van der Waals surface area contributed by atoms with Crippen molar-refractivity contribution in [1.29, 1.82) is 0 Å². The fraction of sp³-hybridized carbons (Fsp3) is 0.333. The molecule has 0 aromatic rings. The van der Waals surface area contributed by atoms with Crippen molar-refractivity contribution in [2.24, 2.45) is 4.99 Å². The molecule has 0 bridgehead atoms. The van der Waals surface area contributed by atoms with Crippen molar-refractivity contribution in [3.63, 3.8) is 0 Å². The number of hydrogen-bond acceptors (Lipinski definition) is 2. The van der Waals surface area contributed by atoms with Crippen LogP contribution >= 0.6 is 0 Å². The minimum absolute atomic E-state index is 0.646. The van der Waals surface area contributed by atoms with E-state index in [1.807, 2.05) is 26.0 Å². The van der Waals surface area contributed by atoms with E-state index in [-0.39, 0.29) is 0 Å². The van der Waals surface area contributed by atoms with Crippen molar-refractivity contribution in [1.82, 2.24) is 0 Å². The number of allylic oxidation sites excluding steroid dienone is 2. The zero-order valence-corrected chi connectivity index (χ0v) is 7.01. The molecule has 0 aromatic heterocycles. The van der Waals surface area contributed by atoms with Gasteiger partial charge in [-0.25, -0.2) is 4.99 Å². The highest BCUT2D eigenvalue weighted by Gasteiger charge is 2.01. The van der Waals surface area contributed by atoms with Gasteiger partial charge in [0.25, 0.3) is 0 Å². The average molecular weight is 149 g/mol. The van der Waals surface area contributed by atoms with E-state index in [4.69, 9.17) is 4.74 Å². The molecule has 0 aliphatic carbocycles. The summed E-state index contributed by atoms with van der Waals surface area (Å²) in [4.78, 5) is 4.20.